The van der Waals surface area contributed by atoms with Crippen molar-refractivity contribution >= 4 is 11.9 Å². The molecule has 1 aliphatic rings. The summed E-state index contributed by atoms with van der Waals surface area (Å²) >= 11 is 0. The van der Waals surface area contributed by atoms with E-state index in [0.717, 1.165) is 22.4 Å². The SMILES string of the molecule is Cc1cc2c(cc1C)OC(C(=O)N[C@H](C(=O)O)C(C)C)C2. The molecule has 1 aromatic carbocycles. The molecule has 0 saturated carbocycles. The smallest absolute Gasteiger partial charge is 0.326 e. The minimum Gasteiger partial charge on any atom is -0.480 e. The second kappa shape index (κ2) is 5.76. The predicted octanol–water partition coefficient (Wildman–Crippen LogP) is 1.83. The molecule has 2 atom stereocenters. The number of aliphatic carboxylic acids is 1. The van der Waals surface area contributed by atoms with E-state index in [1.807, 2.05) is 26.0 Å². The summed E-state index contributed by atoms with van der Waals surface area (Å²) in [6, 6.07) is 3.05. The molecule has 1 heterocycles. The molecular formula is C16H21NO4. The summed E-state index contributed by atoms with van der Waals surface area (Å²) in [6.45, 7) is 7.53. The van der Waals surface area contributed by atoms with Gasteiger partial charge >= 0.3 is 5.97 Å². The van der Waals surface area contributed by atoms with Crippen LogP contribution in [0.15, 0.2) is 12.1 Å². The maximum Gasteiger partial charge on any atom is 0.326 e. The molecule has 5 heteroatoms. The third-order valence-corrected chi connectivity index (χ3v) is 3.87. The first-order chi connectivity index (χ1) is 9.79. The molecule has 21 heavy (non-hydrogen) atoms. The average Bonchev–Trinajstić information content (AvgIpc) is 2.78. The van der Waals surface area contributed by atoms with Crippen LogP contribution in [0, 0.1) is 19.8 Å². The highest BCUT2D eigenvalue weighted by atomic mass is 16.5. The van der Waals surface area contributed by atoms with Gasteiger partial charge in [-0.05, 0) is 42.5 Å². The number of carbonyl (C=O) groups excluding carboxylic acids is 1. The number of hydrogen-bond acceptors (Lipinski definition) is 3. The Morgan fingerprint density at radius 3 is 2.48 bits per heavy atom. The van der Waals surface area contributed by atoms with Crippen LogP contribution in [0.5, 0.6) is 5.75 Å². The van der Waals surface area contributed by atoms with E-state index >= 15 is 0 Å². The molecule has 114 valence electrons. The molecule has 5 nitrogen and oxygen atoms in total. The largest absolute Gasteiger partial charge is 0.480 e. The van der Waals surface area contributed by atoms with E-state index in [4.69, 9.17) is 9.84 Å². The van der Waals surface area contributed by atoms with Crippen LogP contribution in [0.3, 0.4) is 0 Å². The van der Waals surface area contributed by atoms with Crippen molar-refractivity contribution in [3.8, 4) is 5.75 Å². The summed E-state index contributed by atoms with van der Waals surface area (Å²) in [7, 11) is 0. The van der Waals surface area contributed by atoms with Crippen LogP contribution in [0.2, 0.25) is 0 Å². The fraction of sp³-hybridized carbons (Fsp3) is 0.500. The first-order valence-electron chi connectivity index (χ1n) is 7.09. The van der Waals surface area contributed by atoms with Crippen LogP contribution >= 0.6 is 0 Å². The molecule has 1 amide bonds. The zero-order chi connectivity index (χ0) is 15.7. The maximum absolute atomic E-state index is 12.2. The second-order valence-corrected chi connectivity index (χ2v) is 5.92. The Morgan fingerprint density at radius 1 is 1.29 bits per heavy atom. The predicted molar refractivity (Wildman–Crippen MR) is 78.4 cm³/mol. The fourth-order valence-electron chi connectivity index (χ4n) is 2.42. The van der Waals surface area contributed by atoms with Crippen LogP contribution in [0.4, 0.5) is 0 Å². The summed E-state index contributed by atoms with van der Waals surface area (Å²) in [4.78, 5) is 23.3. The molecule has 0 spiro atoms. The molecule has 0 fully saturated rings. The van der Waals surface area contributed by atoms with Crippen molar-refractivity contribution in [1.29, 1.82) is 0 Å². The molecule has 1 aromatic rings. The van der Waals surface area contributed by atoms with E-state index < -0.39 is 18.1 Å². The summed E-state index contributed by atoms with van der Waals surface area (Å²) in [5.74, 6) is -0.863. The van der Waals surface area contributed by atoms with Gasteiger partial charge in [-0.3, -0.25) is 4.79 Å². The van der Waals surface area contributed by atoms with Crippen LogP contribution in [0.1, 0.15) is 30.5 Å². The van der Waals surface area contributed by atoms with Gasteiger partial charge < -0.3 is 15.2 Å². The van der Waals surface area contributed by atoms with Gasteiger partial charge in [0.15, 0.2) is 6.10 Å². The number of rotatable bonds is 4. The monoisotopic (exact) mass is 291 g/mol. The van der Waals surface area contributed by atoms with Crippen molar-refractivity contribution in [3.05, 3.63) is 28.8 Å². The molecule has 1 unspecified atom stereocenters. The Kier molecular flexibility index (Phi) is 4.21. The van der Waals surface area contributed by atoms with Crippen LogP contribution in [-0.2, 0) is 16.0 Å². The minimum atomic E-state index is -1.03. The number of benzene rings is 1. The number of fused-ring (bicyclic) bond motifs is 1. The fourth-order valence-corrected chi connectivity index (χ4v) is 2.42. The third-order valence-electron chi connectivity index (χ3n) is 3.87. The number of carboxylic acid groups (broad SMARTS) is 1. The van der Waals surface area contributed by atoms with Gasteiger partial charge in [0.1, 0.15) is 11.8 Å². The summed E-state index contributed by atoms with van der Waals surface area (Å²) in [5, 5.41) is 11.7. The molecule has 2 N–H and O–H groups in total. The molecule has 0 aromatic heterocycles. The van der Waals surface area contributed by atoms with Crippen LogP contribution in [0.25, 0.3) is 0 Å². The number of hydrogen-bond donors (Lipinski definition) is 2. The van der Waals surface area contributed by atoms with Gasteiger partial charge in [-0.15, -0.1) is 0 Å². The Bertz CT molecular complexity index is 549. The molecule has 0 saturated heterocycles. The highest BCUT2D eigenvalue weighted by molar-refractivity contribution is 5.87. The molecule has 0 radical (unpaired) electrons. The van der Waals surface area contributed by atoms with E-state index in [9.17, 15) is 9.59 Å². The highest BCUT2D eigenvalue weighted by Gasteiger charge is 2.33. The van der Waals surface area contributed by atoms with Crippen molar-refractivity contribution in [2.24, 2.45) is 5.92 Å². The average molecular weight is 291 g/mol. The molecule has 2 rings (SSSR count). The van der Waals surface area contributed by atoms with E-state index in [1.165, 1.54) is 0 Å². The van der Waals surface area contributed by atoms with Crippen molar-refractivity contribution in [1.82, 2.24) is 5.32 Å². The number of nitrogens with one attached hydrogen (secondary N) is 1. The minimum absolute atomic E-state index is 0.181. The lowest BCUT2D eigenvalue weighted by molar-refractivity contribution is -0.144. The van der Waals surface area contributed by atoms with Crippen molar-refractivity contribution in [2.45, 2.75) is 46.3 Å². The number of ether oxygens (including phenoxy) is 1. The summed E-state index contributed by atoms with van der Waals surface area (Å²) in [5.41, 5.74) is 3.26. The normalized spacial score (nSPS) is 18.0. The zero-order valence-corrected chi connectivity index (χ0v) is 12.8. The summed E-state index contributed by atoms with van der Waals surface area (Å²) in [6.07, 6.45) is -0.172. The molecule has 0 bridgehead atoms. The van der Waals surface area contributed by atoms with Crippen molar-refractivity contribution < 1.29 is 19.4 Å². The Balaban J connectivity index is 2.08. The number of aryl methyl sites for hydroxylation is 2. The number of amides is 1. The lowest BCUT2D eigenvalue weighted by atomic mass is 10.0. The van der Waals surface area contributed by atoms with Crippen molar-refractivity contribution in [2.75, 3.05) is 0 Å². The Morgan fingerprint density at radius 2 is 1.90 bits per heavy atom. The summed E-state index contributed by atoms with van der Waals surface area (Å²) < 4.78 is 5.66. The Labute approximate surface area is 124 Å². The second-order valence-electron chi connectivity index (χ2n) is 5.92. The first kappa shape index (κ1) is 15.4. The quantitative estimate of drug-likeness (QED) is 0.887. The molecular weight excluding hydrogens is 270 g/mol. The van der Waals surface area contributed by atoms with E-state index in [2.05, 4.69) is 5.32 Å². The highest BCUT2D eigenvalue weighted by Crippen LogP contribution is 2.31. The van der Waals surface area contributed by atoms with Crippen molar-refractivity contribution in [3.63, 3.8) is 0 Å². The lowest BCUT2D eigenvalue weighted by Crippen LogP contribution is -2.49. The standard InChI is InChI=1S/C16H21NO4/c1-8(2)14(16(19)20)17-15(18)13-7-11-5-9(3)10(4)6-12(11)21-13/h5-6,8,13-14H,7H2,1-4H3,(H,17,18)(H,19,20)/t13?,14-/m0/s1. The number of carboxylic acids is 1. The van der Waals surface area contributed by atoms with Crippen LogP contribution in [-0.4, -0.2) is 29.1 Å². The maximum atomic E-state index is 12.2. The third kappa shape index (κ3) is 3.17. The first-order valence-corrected chi connectivity index (χ1v) is 7.09. The van der Waals surface area contributed by atoms with E-state index in [0.29, 0.717) is 6.42 Å². The zero-order valence-electron chi connectivity index (χ0n) is 12.8. The molecule has 0 aliphatic carbocycles. The van der Waals surface area contributed by atoms with Gasteiger partial charge in [-0.1, -0.05) is 19.9 Å². The van der Waals surface area contributed by atoms with Gasteiger partial charge in [0.05, 0.1) is 0 Å². The van der Waals surface area contributed by atoms with Gasteiger partial charge in [0.25, 0.3) is 5.91 Å². The Hall–Kier alpha value is -2.04. The topological polar surface area (TPSA) is 75.6 Å². The van der Waals surface area contributed by atoms with Gasteiger partial charge in [-0.25, -0.2) is 4.79 Å². The van der Waals surface area contributed by atoms with Gasteiger partial charge in [-0.2, -0.15) is 0 Å². The lowest BCUT2D eigenvalue weighted by Gasteiger charge is -2.20. The van der Waals surface area contributed by atoms with E-state index in [1.54, 1.807) is 13.8 Å². The van der Waals surface area contributed by atoms with Gasteiger partial charge in [0.2, 0.25) is 0 Å². The van der Waals surface area contributed by atoms with Crippen LogP contribution < -0.4 is 10.1 Å². The molecule has 1 aliphatic heterocycles. The number of carbonyl (C=O) groups is 2. The van der Waals surface area contributed by atoms with E-state index in [-0.39, 0.29) is 11.8 Å². The van der Waals surface area contributed by atoms with Gasteiger partial charge in [0, 0.05) is 6.42 Å².